The average Bonchev–Trinajstić information content (AvgIpc) is 2.72. The fraction of sp³-hybridized carbons (Fsp3) is 0.167. The number of hydroxylamine groups is 1. The van der Waals surface area contributed by atoms with Crippen LogP contribution in [0, 0.1) is 6.92 Å². The Morgan fingerprint density at radius 2 is 2.28 bits per heavy atom. The first-order valence-corrected chi connectivity index (χ1v) is 6.38. The van der Waals surface area contributed by atoms with Crippen molar-refractivity contribution in [1.29, 1.82) is 0 Å². The van der Waals surface area contributed by atoms with Crippen LogP contribution in [0.3, 0.4) is 0 Å². The summed E-state index contributed by atoms with van der Waals surface area (Å²) in [4.78, 5) is 21.2. The first-order chi connectivity index (χ1) is 8.61. The molecule has 0 spiro atoms. The third kappa shape index (κ3) is 2.69. The van der Waals surface area contributed by atoms with Gasteiger partial charge in [-0.2, -0.15) is 0 Å². The van der Waals surface area contributed by atoms with E-state index in [4.69, 9.17) is 11.6 Å². The molecule has 94 valence electrons. The van der Waals surface area contributed by atoms with Crippen molar-refractivity contribution < 1.29 is 9.63 Å². The SMILES string of the molecule is CONC(=O)c1sc(-c2cccc(Cl)c2)nc1C. The lowest BCUT2D eigenvalue weighted by Crippen LogP contribution is -2.21. The van der Waals surface area contributed by atoms with Crippen molar-refractivity contribution in [2.24, 2.45) is 0 Å². The molecule has 1 N–H and O–H groups in total. The van der Waals surface area contributed by atoms with Gasteiger partial charge in [0.25, 0.3) is 5.91 Å². The minimum Gasteiger partial charge on any atom is -0.277 e. The summed E-state index contributed by atoms with van der Waals surface area (Å²) >= 11 is 7.24. The molecule has 0 atom stereocenters. The van der Waals surface area contributed by atoms with Gasteiger partial charge in [-0.25, -0.2) is 10.5 Å². The van der Waals surface area contributed by atoms with Gasteiger partial charge in [0.15, 0.2) is 0 Å². The lowest BCUT2D eigenvalue weighted by Gasteiger charge is -1.98. The molecule has 0 saturated carbocycles. The molecule has 0 aliphatic rings. The Labute approximate surface area is 114 Å². The molecule has 1 heterocycles. The number of rotatable bonds is 3. The maximum atomic E-state index is 11.7. The number of nitrogens with zero attached hydrogens (tertiary/aromatic N) is 1. The second-order valence-electron chi connectivity index (χ2n) is 3.58. The Kier molecular flexibility index (Phi) is 3.96. The van der Waals surface area contributed by atoms with Crippen molar-refractivity contribution in [2.45, 2.75) is 6.92 Å². The van der Waals surface area contributed by atoms with E-state index in [1.54, 1.807) is 13.0 Å². The lowest BCUT2D eigenvalue weighted by atomic mass is 10.2. The topological polar surface area (TPSA) is 51.2 Å². The van der Waals surface area contributed by atoms with Crippen LogP contribution in [0.4, 0.5) is 0 Å². The minimum atomic E-state index is -0.291. The third-order valence-electron chi connectivity index (χ3n) is 2.27. The number of amides is 1. The van der Waals surface area contributed by atoms with Crippen molar-refractivity contribution in [3.63, 3.8) is 0 Å². The van der Waals surface area contributed by atoms with Gasteiger partial charge in [-0.3, -0.25) is 9.63 Å². The zero-order valence-electron chi connectivity index (χ0n) is 9.86. The molecule has 2 rings (SSSR count). The summed E-state index contributed by atoms with van der Waals surface area (Å²) < 4.78 is 0. The zero-order chi connectivity index (χ0) is 13.1. The summed E-state index contributed by atoms with van der Waals surface area (Å²) in [6.07, 6.45) is 0. The highest BCUT2D eigenvalue weighted by Crippen LogP contribution is 2.29. The summed E-state index contributed by atoms with van der Waals surface area (Å²) in [5.74, 6) is -0.291. The fourth-order valence-electron chi connectivity index (χ4n) is 1.49. The molecule has 0 fully saturated rings. The van der Waals surface area contributed by atoms with Crippen molar-refractivity contribution in [1.82, 2.24) is 10.5 Å². The first-order valence-electron chi connectivity index (χ1n) is 5.18. The Morgan fingerprint density at radius 3 is 2.94 bits per heavy atom. The highest BCUT2D eigenvalue weighted by atomic mass is 35.5. The monoisotopic (exact) mass is 282 g/mol. The molecule has 2 aromatic rings. The Balaban J connectivity index is 2.37. The highest BCUT2D eigenvalue weighted by Gasteiger charge is 2.16. The maximum Gasteiger partial charge on any atom is 0.286 e. The molecule has 6 heteroatoms. The number of halogens is 1. The number of hydrogen-bond donors (Lipinski definition) is 1. The molecule has 0 aliphatic carbocycles. The van der Waals surface area contributed by atoms with Crippen LogP contribution in [0.1, 0.15) is 15.4 Å². The number of aromatic nitrogens is 1. The van der Waals surface area contributed by atoms with Gasteiger partial charge >= 0.3 is 0 Å². The van der Waals surface area contributed by atoms with Crippen molar-refractivity contribution >= 4 is 28.8 Å². The van der Waals surface area contributed by atoms with Crippen molar-refractivity contribution in [2.75, 3.05) is 7.11 Å². The minimum absolute atomic E-state index is 0.291. The van der Waals surface area contributed by atoms with Gasteiger partial charge in [0.1, 0.15) is 9.88 Å². The van der Waals surface area contributed by atoms with E-state index in [1.807, 2.05) is 18.2 Å². The van der Waals surface area contributed by atoms with Gasteiger partial charge in [-0.05, 0) is 19.1 Å². The van der Waals surface area contributed by atoms with Crippen molar-refractivity contribution in [3.05, 3.63) is 39.9 Å². The molecule has 0 bridgehead atoms. The summed E-state index contributed by atoms with van der Waals surface area (Å²) in [5, 5.41) is 1.40. The number of nitrogens with one attached hydrogen (secondary N) is 1. The number of carbonyl (C=O) groups excluding carboxylic acids is 1. The normalized spacial score (nSPS) is 10.4. The molecule has 0 aliphatic heterocycles. The molecular formula is C12H11ClN2O2S. The first kappa shape index (κ1) is 13.0. The van der Waals surface area contributed by atoms with Crippen LogP contribution in [0.25, 0.3) is 10.6 Å². The summed E-state index contributed by atoms with van der Waals surface area (Å²) in [6, 6.07) is 7.37. The van der Waals surface area contributed by atoms with Gasteiger partial charge in [-0.1, -0.05) is 23.7 Å². The van der Waals surface area contributed by atoms with E-state index in [1.165, 1.54) is 18.4 Å². The number of aryl methyl sites for hydroxylation is 1. The van der Waals surface area contributed by atoms with Gasteiger partial charge < -0.3 is 0 Å². The maximum absolute atomic E-state index is 11.7. The molecule has 1 aromatic carbocycles. The Hall–Kier alpha value is -1.43. The Morgan fingerprint density at radius 1 is 1.50 bits per heavy atom. The standard InChI is InChI=1S/C12H11ClN2O2S/c1-7-10(11(16)15-17-2)18-12(14-7)8-4-3-5-9(13)6-8/h3-6H,1-2H3,(H,15,16). The van der Waals surface area contributed by atoms with E-state index in [2.05, 4.69) is 15.3 Å². The molecule has 0 saturated heterocycles. The van der Waals surface area contributed by atoms with Gasteiger partial charge in [0.2, 0.25) is 0 Å². The third-order valence-corrected chi connectivity index (χ3v) is 3.71. The zero-order valence-corrected chi connectivity index (χ0v) is 11.4. The highest BCUT2D eigenvalue weighted by molar-refractivity contribution is 7.17. The smallest absolute Gasteiger partial charge is 0.277 e. The summed E-state index contributed by atoms with van der Waals surface area (Å²) in [6.45, 7) is 1.79. The molecule has 1 amide bonds. The number of benzene rings is 1. The van der Waals surface area contributed by atoms with E-state index in [-0.39, 0.29) is 5.91 Å². The number of thiazole rings is 1. The van der Waals surface area contributed by atoms with Crippen molar-refractivity contribution in [3.8, 4) is 10.6 Å². The molecule has 0 radical (unpaired) electrons. The van der Waals surface area contributed by atoms with E-state index in [9.17, 15) is 4.79 Å². The van der Waals surface area contributed by atoms with E-state index in [0.29, 0.717) is 15.6 Å². The molecule has 18 heavy (non-hydrogen) atoms. The average molecular weight is 283 g/mol. The predicted octanol–water partition coefficient (Wildman–Crippen LogP) is 3.06. The van der Waals surface area contributed by atoms with E-state index < -0.39 is 0 Å². The van der Waals surface area contributed by atoms with E-state index in [0.717, 1.165) is 10.6 Å². The van der Waals surface area contributed by atoms with Gasteiger partial charge in [-0.15, -0.1) is 11.3 Å². The molecular weight excluding hydrogens is 272 g/mol. The fourth-order valence-corrected chi connectivity index (χ4v) is 2.63. The summed E-state index contributed by atoms with van der Waals surface area (Å²) in [5.41, 5.74) is 3.85. The second kappa shape index (κ2) is 5.48. The van der Waals surface area contributed by atoms with Crippen LogP contribution >= 0.6 is 22.9 Å². The van der Waals surface area contributed by atoms with Crippen LogP contribution in [-0.4, -0.2) is 18.0 Å². The number of carbonyl (C=O) groups is 1. The Bertz CT molecular complexity index is 583. The van der Waals surface area contributed by atoms with Crippen LogP contribution in [0.15, 0.2) is 24.3 Å². The lowest BCUT2D eigenvalue weighted by molar-refractivity contribution is 0.0541. The molecule has 1 aromatic heterocycles. The van der Waals surface area contributed by atoms with Gasteiger partial charge in [0.05, 0.1) is 12.8 Å². The van der Waals surface area contributed by atoms with Gasteiger partial charge in [0, 0.05) is 10.6 Å². The van der Waals surface area contributed by atoms with Crippen LogP contribution in [-0.2, 0) is 4.84 Å². The predicted molar refractivity (Wildman–Crippen MR) is 71.8 cm³/mol. The summed E-state index contributed by atoms with van der Waals surface area (Å²) in [7, 11) is 1.39. The van der Waals surface area contributed by atoms with Crippen LogP contribution in [0.2, 0.25) is 5.02 Å². The van der Waals surface area contributed by atoms with Crippen LogP contribution < -0.4 is 5.48 Å². The molecule has 0 unspecified atom stereocenters. The number of hydrogen-bond acceptors (Lipinski definition) is 4. The quantitative estimate of drug-likeness (QED) is 0.880. The molecule has 4 nitrogen and oxygen atoms in total. The largest absolute Gasteiger partial charge is 0.286 e. The van der Waals surface area contributed by atoms with Crippen LogP contribution in [0.5, 0.6) is 0 Å². The second-order valence-corrected chi connectivity index (χ2v) is 5.01. The van der Waals surface area contributed by atoms with E-state index >= 15 is 0 Å².